The second-order valence-electron chi connectivity index (χ2n) is 5.21. The number of hydrogen-bond acceptors (Lipinski definition) is 3. The Hall–Kier alpha value is -0.390. The van der Waals surface area contributed by atoms with Crippen molar-refractivity contribution in [1.29, 1.82) is 0 Å². The molecule has 0 bridgehead atoms. The van der Waals surface area contributed by atoms with Gasteiger partial charge >= 0.3 is 0 Å². The van der Waals surface area contributed by atoms with Gasteiger partial charge in [0.1, 0.15) is 0 Å². The fourth-order valence-electron chi connectivity index (χ4n) is 2.19. The molecule has 2 heterocycles. The van der Waals surface area contributed by atoms with Crippen LogP contribution in [0.3, 0.4) is 0 Å². The molecular weight excluding hydrogens is 314 g/mol. The van der Waals surface area contributed by atoms with E-state index in [2.05, 4.69) is 15.9 Å². The van der Waals surface area contributed by atoms with E-state index in [0.717, 1.165) is 33.6 Å². The molecule has 1 atom stereocenters. The first-order valence-corrected chi connectivity index (χ1v) is 7.77. The van der Waals surface area contributed by atoms with Crippen LogP contribution in [-0.2, 0) is 0 Å². The average Bonchev–Trinajstić information content (AvgIpc) is 2.52. The Morgan fingerprint density at radius 1 is 1.50 bits per heavy atom. The SMILES string of the molecule is Cc1cc(C(=O)N2CCCC(C)(O)CC2)sc1Br. The molecule has 1 unspecified atom stereocenters. The predicted molar refractivity (Wildman–Crippen MR) is 77.1 cm³/mol. The number of carbonyl (C=O) groups excluding carboxylic acids is 1. The summed E-state index contributed by atoms with van der Waals surface area (Å²) in [5.41, 5.74) is 0.478. The van der Waals surface area contributed by atoms with Crippen molar-refractivity contribution in [3.8, 4) is 0 Å². The van der Waals surface area contributed by atoms with Gasteiger partial charge in [0.2, 0.25) is 0 Å². The molecule has 1 aromatic heterocycles. The Morgan fingerprint density at radius 3 is 2.83 bits per heavy atom. The highest BCUT2D eigenvalue weighted by atomic mass is 79.9. The van der Waals surface area contributed by atoms with Crippen molar-refractivity contribution in [3.05, 3.63) is 20.3 Å². The van der Waals surface area contributed by atoms with Gasteiger partial charge in [0.15, 0.2) is 0 Å². The molecule has 18 heavy (non-hydrogen) atoms. The minimum absolute atomic E-state index is 0.0894. The van der Waals surface area contributed by atoms with E-state index < -0.39 is 5.60 Å². The number of likely N-dealkylation sites (tertiary alicyclic amines) is 1. The summed E-state index contributed by atoms with van der Waals surface area (Å²) in [5, 5.41) is 10.0. The van der Waals surface area contributed by atoms with E-state index in [1.165, 1.54) is 11.3 Å². The molecule has 1 aliphatic rings. The summed E-state index contributed by atoms with van der Waals surface area (Å²) in [5.74, 6) is 0.0894. The number of amides is 1. The molecule has 0 saturated carbocycles. The first-order valence-electron chi connectivity index (χ1n) is 6.17. The highest BCUT2D eigenvalue weighted by molar-refractivity contribution is 9.11. The highest BCUT2D eigenvalue weighted by Gasteiger charge is 2.28. The van der Waals surface area contributed by atoms with Crippen LogP contribution >= 0.6 is 27.3 Å². The molecule has 0 radical (unpaired) electrons. The zero-order chi connectivity index (χ0) is 13.3. The zero-order valence-electron chi connectivity index (χ0n) is 10.7. The van der Waals surface area contributed by atoms with Crippen LogP contribution in [0.25, 0.3) is 0 Å². The van der Waals surface area contributed by atoms with Crippen molar-refractivity contribution in [2.45, 2.75) is 38.7 Å². The number of thiophene rings is 1. The van der Waals surface area contributed by atoms with Gasteiger partial charge in [-0.3, -0.25) is 4.79 Å². The van der Waals surface area contributed by atoms with Crippen LogP contribution in [0.5, 0.6) is 0 Å². The molecule has 3 nitrogen and oxygen atoms in total. The Morgan fingerprint density at radius 2 is 2.22 bits per heavy atom. The first kappa shape index (κ1) is 14.0. The van der Waals surface area contributed by atoms with E-state index in [-0.39, 0.29) is 5.91 Å². The van der Waals surface area contributed by atoms with Crippen LogP contribution in [0.4, 0.5) is 0 Å². The normalized spacial score (nSPS) is 25.0. The van der Waals surface area contributed by atoms with E-state index >= 15 is 0 Å². The number of nitrogens with zero attached hydrogens (tertiary/aromatic N) is 1. The van der Waals surface area contributed by atoms with E-state index in [4.69, 9.17) is 0 Å². The largest absolute Gasteiger partial charge is 0.390 e. The number of aryl methyl sites for hydroxylation is 1. The maximum atomic E-state index is 12.4. The lowest BCUT2D eigenvalue weighted by Crippen LogP contribution is -2.33. The van der Waals surface area contributed by atoms with Crippen LogP contribution in [0.1, 0.15) is 41.4 Å². The van der Waals surface area contributed by atoms with Crippen LogP contribution in [0.15, 0.2) is 9.85 Å². The van der Waals surface area contributed by atoms with Gasteiger partial charge in [0.25, 0.3) is 5.91 Å². The van der Waals surface area contributed by atoms with Crippen molar-refractivity contribution in [2.24, 2.45) is 0 Å². The van der Waals surface area contributed by atoms with E-state index in [1.807, 2.05) is 24.8 Å². The lowest BCUT2D eigenvalue weighted by molar-refractivity contribution is 0.0438. The average molecular weight is 332 g/mol. The molecule has 0 aromatic carbocycles. The van der Waals surface area contributed by atoms with Crippen molar-refractivity contribution >= 4 is 33.2 Å². The fourth-order valence-corrected chi connectivity index (χ4v) is 3.69. The molecule has 1 fully saturated rings. The smallest absolute Gasteiger partial charge is 0.263 e. The van der Waals surface area contributed by atoms with Crippen molar-refractivity contribution in [3.63, 3.8) is 0 Å². The minimum Gasteiger partial charge on any atom is -0.390 e. The van der Waals surface area contributed by atoms with Crippen LogP contribution in [0.2, 0.25) is 0 Å². The van der Waals surface area contributed by atoms with E-state index in [1.54, 1.807) is 0 Å². The number of aliphatic hydroxyl groups is 1. The Labute approximate surface area is 120 Å². The third-order valence-corrected chi connectivity index (χ3v) is 5.54. The third kappa shape index (κ3) is 3.13. The Balaban J connectivity index is 2.09. The summed E-state index contributed by atoms with van der Waals surface area (Å²) in [6.07, 6.45) is 2.29. The summed E-state index contributed by atoms with van der Waals surface area (Å²) >= 11 is 4.94. The van der Waals surface area contributed by atoms with Crippen molar-refractivity contribution < 1.29 is 9.90 Å². The lowest BCUT2D eigenvalue weighted by Gasteiger charge is -2.22. The molecule has 1 saturated heterocycles. The summed E-state index contributed by atoms with van der Waals surface area (Å²) in [4.78, 5) is 15.0. The molecule has 1 N–H and O–H groups in total. The molecule has 100 valence electrons. The molecule has 0 spiro atoms. The van der Waals surface area contributed by atoms with E-state index in [0.29, 0.717) is 13.0 Å². The second-order valence-corrected chi connectivity index (χ2v) is 7.58. The quantitative estimate of drug-likeness (QED) is 0.858. The summed E-state index contributed by atoms with van der Waals surface area (Å²) in [6, 6.07) is 1.93. The number of halogens is 1. The number of hydrogen-bond donors (Lipinski definition) is 1. The topological polar surface area (TPSA) is 40.5 Å². The van der Waals surface area contributed by atoms with Crippen LogP contribution in [0, 0.1) is 6.92 Å². The molecule has 5 heteroatoms. The molecule has 1 aromatic rings. The maximum absolute atomic E-state index is 12.4. The summed E-state index contributed by atoms with van der Waals surface area (Å²) in [6.45, 7) is 5.22. The lowest BCUT2D eigenvalue weighted by atomic mass is 9.98. The van der Waals surface area contributed by atoms with Gasteiger partial charge in [-0.05, 0) is 60.7 Å². The molecule has 1 aliphatic heterocycles. The van der Waals surface area contributed by atoms with Gasteiger partial charge in [-0.15, -0.1) is 11.3 Å². The fraction of sp³-hybridized carbons (Fsp3) is 0.615. The second kappa shape index (κ2) is 5.31. The van der Waals surface area contributed by atoms with Gasteiger partial charge in [-0.1, -0.05) is 0 Å². The van der Waals surface area contributed by atoms with Gasteiger partial charge in [-0.2, -0.15) is 0 Å². The molecular formula is C13H18BrNO2S. The zero-order valence-corrected chi connectivity index (χ0v) is 13.1. The maximum Gasteiger partial charge on any atom is 0.263 e. The standard InChI is InChI=1S/C13H18BrNO2S/c1-9-8-10(18-11(9)14)12(16)15-6-3-4-13(2,17)5-7-15/h8,17H,3-7H2,1-2H3. The molecule has 2 rings (SSSR count). The van der Waals surface area contributed by atoms with Gasteiger partial charge < -0.3 is 10.0 Å². The third-order valence-electron chi connectivity index (χ3n) is 3.42. The van der Waals surface area contributed by atoms with E-state index in [9.17, 15) is 9.90 Å². The highest BCUT2D eigenvalue weighted by Crippen LogP contribution is 2.29. The Kier molecular flexibility index (Phi) is 4.14. The van der Waals surface area contributed by atoms with Gasteiger partial charge in [0.05, 0.1) is 14.3 Å². The predicted octanol–water partition coefficient (Wildman–Crippen LogP) is 3.20. The Bertz CT molecular complexity index is 436. The van der Waals surface area contributed by atoms with Crippen molar-refractivity contribution in [2.75, 3.05) is 13.1 Å². The van der Waals surface area contributed by atoms with Crippen LogP contribution < -0.4 is 0 Å². The monoisotopic (exact) mass is 331 g/mol. The number of rotatable bonds is 1. The summed E-state index contributed by atoms with van der Waals surface area (Å²) in [7, 11) is 0. The van der Waals surface area contributed by atoms with Gasteiger partial charge in [0, 0.05) is 13.1 Å². The van der Waals surface area contributed by atoms with Gasteiger partial charge in [-0.25, -0.2) is 0 Å². The minimum atomic E-state index is -0.624. The molecule has 0 aliphatic carbocycles. The molecule has 1 amide bonds. The number of carbonyl (C=O) groups is 1. The summed E-state index contributed by atoms with van der Waals surface area (Å²) < 4.78 is 1.02. The first-order chi connectivity index (χ1) is 8.39. The van der Waals surface area contributed by atoms with Crippen LogP contribution in [-0.4, -0.2) is 34.6 Å². The van der Waals surface area contributed by atoms with Crippen molar-refractivity contribution in [1.82, 2.24) is 4.90 Å².